The second-order valence-electron chi connectivity index (χ2n) is 3.93. The summed E-state index contributed by atoms with van der Waals surface area (Å²) >= 11 is 1.43. The zero-order valence-electron chi connectivity index (χ0n) is 8.48. The van der Waals surface area contributed by atoms with Gasteiger partial charge in [0.15, 0.2) is 0 Å². The van der Waals surface area contributed by atoms with Gasteiger partial charge in [-0.3, -0.25) is 4.79 Å². The molecule has 1 saturated carbocycles. The number of carbonyl (C=O) groups is 1. The predicted molar refractivity (Wildman–Crippen MR) is 60.0 cm³/mol. The van der Waals surface area contributed by atoms with Crippen LogP contribution in [0.25, 0.3) is 0 Å². The van der Waals surface area contributed by atoms with Crippen molar-refractivity contribution in [1.82, 2.24) is 5.32 Å². The molecule has 1 atom stereocenters. The molecule has 3 nitrogen and oxygen atoms in total. The number of aliphatic hydroxyl groups is 1. The highest BCUT2D eigenvalue weighted by atomic mass is 32.1. The number of amides is 1. The molecular formula is C11H15NO2S. The lowest BCUT2D eigenvalue weighted by molar-refractivity contribution is 0.0941. The Morgan fingerprint density at radius 1 is 1.67 bits per heavy atom. The van der Waals surface area contributed by atoms with Crippen LogP contribution in [-0.2, 0) is 0 Å². The molecule has 0 aliphatic heterocycles. The van der Waals surface area contributed by atoms with Crippen molar-refractivity contribution in [1.29, 1.82) is 0 Å². The lowest BCUT2D eigenvalue weighted by Gasteiger charge is -2.09. The van der Waals surface area contributed by atoms with E-state index in [0.717, 1.165) is 17.7 Å². The predicted octanol–water partition coefficient (Wildman–Crippen LogP) is 1.64. The van der Waals surface area contributed by atoms with Gasteiger partial charge in [-0.2, -0.15) is 0 Å². The fraction of sp³-hybridized carbons (Fsp3) is 0.545. The Morgan fingerprint density at radius 2 is 2.47 bits per heavy atom. The third-order valence-electron chi connectivity index (χ3n) is 2.64. The standard InChI is InChI=1S/C11H15NO2S/c13-9(8-3-4-8)5-6-12-11(14)10-2-1-7-15-10/h1-2,7-9,13H,3-6H2,(H,12,14)/t9-/m1/s1. The number of hydrogen-bond donors (Lipinski definition) is 2. The molecule has 1 aromatic rings. The highest BCUT2D eigenvalue weighted by Gasteiger charge is 2.29. The van der Waals surface area contributed by atoms with Crippen molar-refractivity contribution in [3.05, 3.63) is 22.4 Å². The molecule has 1 aromatic heterocycles. The van der Waals surface area contributed by atoms with Crippen LogP contribution in [0, 0.1) is 5.92 Å². The summed E-state index contributed by atoms with van der Waals surface area (Å²) < 4.78 is 0. The van der Waals surface area contributed by atoms with Gasteiger partial charge in [0.25, 0.3) is 5.91 Å². The molecule has 1 amide bonds. The lowest BCUT2D eigenvalue weighted by atomic mass is 10.1. The first-order chi connectivity index (χ1) is 7.27. The van der Waals surface area contributed by atoms with Crippen LogP contribution in [0.3, 0.4) is 0 Å². The van der Waals surface area contributed by atoms with Crippen LogP contribution in [0.15, 0.2) is 17.5 Å². The van der Waals surface area contributed by atoms with Crippen molar-refractivity contribution in [3.63, 3.8) is 0 Å². The van der Waals surface area contributed by atoms with Crippen LogP contribution < -0.4 is 5.32 Å². The van der Waals surface area contributed by atoms with E-state index in [0.29, 0.717) is 18.9 Å². The summed E-state index contributed by atoms with van der Waals surface area (Å²) in [5.41, 5.74) is 0. The average molecular weight is 225 g/mol. The summed E-state index contributed by atoms with van der Waals surface area (Å²) in [6.07, 6.45) is 2.72. The van der Waals surface area contributed by atoms with Crippen molar-refractivity contribution in [3.8, 4) is 0 Å². The fourth-order valence-corrected chi connectivity index (χ4v) is 2.19. The van der Waals surface area contributed by atoms with E-state index in [2.05, 4.69) is 5.32 Å². The number of hydrogen-bond acceptors (Lipinski definition) is 3. The molecular weight excluding hydrogens is 210 g/mol. The Hall–Kier alpha value is -0.870. The maximum Gasteiger partial charge on any atom is 0.261 e. The molecule has 0 radical (unpaired) electrons. The normalized spacial score (nSPS) is 17.4. The Kier molecular flexibility index (Phi) is 3.38. The van der Waals surface area contributed by atoms with E-state index in [1.807, 2.05) is 11.4 Å². The van der Waals surface area contributed by atoms with Crippen molar-refractivity contribution in [2.24, 2.45) is 5.92 Å². The quantitative estimate of drug-likeness (QED) is 0.800. The monoisotopic (exact) mass is 225 g/mol. The summed E-state index contributed by atoms with van der Waals surface area (Å²) in [7, 11) is 0. The second-order valence-corrected chi connectivity index (χ2v) is 4.87. The maximum atomic E-state index is 11.5. The molecule has 82 valence electrons. The van der Waals surface area contributed by atoms with E-state index in [1.54, 1.807) is 6.07 Å². The van der Waals surface area contributed by atoms with Crippen molar-refractivity contribution in [2.75, 3.05) is 6.54 Å². The molecule has 15 heavy (non-hydrogen) atoms. The molecule has 2 N–H and O–H groups in total. The topological polar surface area (TPSA) is 49.3 Å². The van der Waals surface area contributed by atoms with Gasteiger partial charge in [-0.25, -0.2) is 0 Å². The van der Waals surface area contributed by atoms with Gasteiger partial charge in [-0.05, 0) is 36.6 Å². The first-order valence-corrected chi connectivity index (χ1v) is 6.15. The van der Waals surface area contributed by atoms with Gasteiger partial charge in [0, 0.05) is 6.54 Å². The SMILES string of the molecule is O=C(NCC[C@@H](O)C1CC1)c1cccs1. The highest BCUT2D eigenvalue weighted by Crippen LogP contribution is 2.33. The Morgan fingerprint density at radius 3 is 3.07 bits per heavy atom. The number of nitrogens with one attached hydrogen (secondary N) is 1. The Labute approximate surface area is 93.1 Å². The van der Waals surface area contributed by atoms with Gasteiger partial charge in [0.2, 0.25) is 0 Å². The van der Waals surface area contributed by atoms with Crippen molar-refractivity contribution < 1.29 is 9.90 Å². The van der Waals surface area contributed by atoms with Crippen LogP contribution >= 0.6 is 11.3 Å². The van der Waals surface area contributed by atoms with Gasteiger partial charge in [0.05, 0.1) is 11.0 Å². The summed E-state index contributed by atoms with van der Waals surface area (Å²) in [5, 5.41) is 14.3. The summed E-state index contributed by atoms with van der Waals surface area (Å²) in [4.78, 5) is 12.2. The summed E-state index contributed by atoms with van der Waals surface area (Å²) in [6, 6.07) is 3.66. The van der Waals surface area contributed by atoms with Gasteiger partial charge in [0.1, 0.15) is 0 Å². The lowest BCUT2D eigenvalue weighted by Crippen LogP contribution is -2.27. The third-order valence-corrected chi connectivity index (χ3v) is 3.51. The molecule has 0 saturated heterocycles. The van der Waals surface area contributed by atoms with Crippen LogP contribution in [-0.4, -0.2) is 23.7 Å². The minimum absolute atomic E-state index is 0.0343. The molecule has 1 aliphatic carbocycles. The van der Waals surface area contributed by atoms with Crippen LogP contribution in [0.4, 0.5) is 0 Å². The average Bonchev–Trinajstić information content (AvgIpc) is 2.93. The van der Waals surface area contributed by atoms with Crippen LogP contribution in [0.2, 0.25) is 0 Å². The largest absolute Gasteiger partial charge is 0.393 e. The number of carbonyl (C=O) groups excluding carboxylic acids is 1. The highest BCUT2D eigenvalue weighted by molar-refractivity contribution is 7.12. The first-order valence-electron chi connectivity index (χ1n) is 5.27. The van der Waals surface area contributed by atoms with Gasteiger partial charge in [-0.1, -0.05) is 6.07 Å². The molecule has 0 unspecified atom stereocenters. The molecule has 4 heteroatoms. The zero-order valence-corrected chi connectivity index (χ0v) is 9.30. The van der Waals surface area contributed by atoms with E-state index in [4.69, 9.17) is 0 Å². The molecule has 0 spiro atoms. The van der Waals surface area contributed by atoms with Gasteiger partial charge >= 0.3 is 0 Å². The number of rotatable bonds is 5. The minimum Gasteiger partial charge on any atom is -0.393 e. The minimum atomic E-state index is -0.228. The molecule has 2 rings (SSSR count). The maximum absolute atomic E-state index is 11.5. The third kappa shape index (κ3) is 3.04. The van der Waals surface area contributed by atoms with Crippen LogP contribution in [0.1, 0.15) is 28.9 Å². The van der Waals surface area contributed by atoms with E-state index in [1.165, 1.54) is 11.3 Å². The molecule has 0 aromatic carbocycles. The molecule has 1 fully saturated rings. The van der Waals surface area contributed by atoms with Gasteiger partial charge < -0.3 is 10.4 Å². The second kappa shape index (κ2) is 4.77. The first kappa shape index (κ1) is 10.6. The van der Waals surface area contributed by atoms with Crippen molar-refractivity contribution in [2.45, 2.75) is 25.4 Å². The summed E-state index contributed by atoms with van der Waals surface area (Å²) in [6.45, 7) is 0.564. The fourth-order valence-electron chi connectivity index (χ4n) is 1.55. The molecule has 0 bridgehead atoms. The van der Waals surface area contributed by atoms with E-state index in [-0.39, 0.29) is 12.0 Å². The molecule has 1 aliphatic rings. The van der Waals surface area contributed by atoms with E-state index in [9.17, 15) is 9.90 Å². The van der Waals surface area contributed by atoms with E-state index < -0.39 is 0 Å². The van der Waals surface area contributed by atoms with Crippen molar-refractivity contribution >= 4 is 17.2 Å². The van der Waals surface area contributed by atoms with E-state index >= 15 is 0 Å². The number of thiophene rings is 1. The smallest absolute Gasteiger partial charge is 0.261 e. The van der Waals surface area contributed by atoms with Gasteiger partial charge in [-0.15, -0.1) is 11.3 Å². The molecule has 1 heterocycles. The zero-order chi connectivity index (χ0) is 10.7. The summed E-state index contributed by atoms with van der Waals surface area (Å²) in [5.74, 6) is 0.455. The van der Waals surface area contributed by atoms with Crippen LogP contribution in [0.5, 0.6) is 0 Å². The Balaban J connectivity index is 1.67. The number of aliphatic hydroxyl groups excluding tert-OH is 1. The Bertz CT molecular complexity index is 319.